The van der Waals surface area contributed by atoms with Gasteiger partial charge >= 0.3 is 0 Å². The standard InChI is InChI=1S/C23H25N3O/c1-16(2)24-15-22(27)26-20-11-5-4-10-19(20)25-13-7-12-21(25)23(26)18-9-6-8-17(3)14-18/h4-14,16,23-24H,15H2,1-3H3. The number of para-hydroxylation sites is 2. The monoisotopic (exact) mass is 359 g/mol. The van der Waals surface area contributed by atoms with Crippen LogP contribution in [-0.4, -0.2) is 23.1 Å². The number of amides is 1. The minimum atomic E-state index is -0.142. The molecule has 3 aromatic rings. The third kappa shape index (κ3) is 3.17. The first kappa shape index (κ1) is 17.6. The number of aryl methyl sites for hydroxylation is 1. The third-order valence-electron chi connectivity index (χ3n) is 5.01. The molecule has 2 aromatic carbocycles. The second-order valence-electron chi connectivity index (χ2n) is 7.41. The first-order valence-electron chi connectivity index (χ1n) is 9.45. The number of nitrogens with one attached hydrogen (secondary N) is 1. The summed E-state index contributed by atoms with van der Waals surface area (Å²) < 4.78 is 2.20. The molecule has 1 unspecified atom stereocenters. The average molecular weight is 359 g/mol. The average Bonchev–Trinajstić information content (AvgIpc) is 3.14. The van der Waals surface area contributed by atoms with Gasteiger partial charge in [-0.2, -0.15) is 0 Å². The molecule has 1 N–H and O–H groups in total. The summed E-state index contributed by atoms with van der Waals surface area (Å²) in [7, 11) is 0. The number of hydrogen-bond acceptors (Lipinski definition) is 2. The van der Waals surface area contributed by atoms with Gasteiger partial charge < -0.3 is 9.88 Å². The second-order valence-corrected chi connectivity index (χ2v) is 7.41. The fourth-order valence-corrected chi connectivity index (χ4v) is 3.79. The van der Waals surface area contributed by atoms with Crippen LogP contribution < -0.4 is 10.2 Å². The molecular formula is C23H25N3O. The Hall–Kier alpha value is -2.85. The molecule has 0 spiro atoms. The molecular weight excluding hydrogens is 334 g/mol. The van der Waals surface area contributed by atoms with Crippen molar-refractivity contribution in [3.63, 3.8) is 0 Å². The van der Waals surface area contributed by atoms with E-state index in [9.17, 15) is 4.79 Å². The van der Waals surface area contributed by atoms with E-state index >= 15 is 0 Å². The fraction of sp³-hybridized carbons (Fsp3) is 0.261. The van der Waals surface area contributed by atoms with Crippen molar-refractivity contribution in [3.05, 3.63) is 83.7 Å². The summed E-state index contributed by atoms with van der Waals surface area (Å²) in [6.45, 7) is 6.52. The van der Waals surface area contributed by atoms with Crippen LogP contribution >= 0.6 is 0 Å². The van der Waals surface area contributed by atoms with Gasteiger partial charge in [0.1, 0.15) is 6.04 Å². The van der Waals surface area contributed by atoms with Crippen LogP contribution in [0.3, 0.4) is 0 Å². The lowest BCUT2D eigenvalue weighted by atomic mass is 9.96. The van der Waals surface area contributed by atoms with E-state index < -0.39 is 0 Å². The SMILES string of the molecule is Cc1cccc(C2c3cccn3-c3ccccc3N2C(=O)CNC(C)C)c1. The van der Waals surface area contributed by atoms with Gasteiger partial charge in [-0.15, -0.1) is 0 Å². The lowest BCUT2D eigenvalue weighted by molar-refractivity contribution is -0.118. The van der Waals surface area contributed by atoms with Gasteiger partial charge in [-0.1, -0.05) is 55.8 Å². The van der Waals surface area contributed by atoms with Crippen molar-refractivity contribution in [1.82, 2.24) is 9.88 Å². The van der Waals surface area contributed by atoms with Crippen molar-refractivity contribution in [2.24, 2.45) is 0 Å². The quantitative estimate of drug-likeness (QED) is 0.757. The van der Waals surface area contributed by atoms with Gasteiger partial charge in [0.25, 0.3) is 0 Å². The van der Waals surface area contributed by atoms with Crippen molar-refractivity contribution in [2.75, 3.05) is 11.4 Å². The highest BCUT2D eigenvalue weighted by Crippen LogP contribution is 2.42. The molecule has 0 saturated carbocycles. The molecule has 0 aliphatic carbocycles. The molecule has 2 heterocycles. The zero-order valence-corrected chi connectivity index (χ0v) is 16.0. The van der Waals surface area contributed by atoms with Gasteiger partial charge in [-0.3, -0.25) is 9.69 Å². The normalized spacial score (nSPS) is 15.6. The topological polar surface area (TPSA) is 37.3 Å². The molecule has 1 aromatic heterocycles. The van der Waals surface area contributed by atoms with Gasteiger partial charge in [-0.05, 0) is 36.8 Å². The van der Waals surface area contributed by atoms with Crippen LogP contribution in [0.5, 0.6) is 0 Å². The molecule has 1 aliphatic rings. The Bertz CT molecular complexity index is 973. The summed E-state index contributed by atoms with van der Waals surface area (Å²) >= 11 is 0. The van der Waals surface area contributed by atoms with Gasteiger partial charge in [0.05, 0.1) is 23.6 Å². The lowest BCUT2D eigenvalue weighted by Gasteiger charge is -2.39. The van der Waals surface area contributed by atoms with Crippen LogP contribution in [0.15, 0.2) is 66.9 Å². The molecule has 4 rings (SSSR count). The van der Waals surface area contributed by atoms with Crippen molar-refractivity contribution in [3.8, 4) is 5.69 Å². The van der Waals surface area contributed by atoms with Crippen LogP contribution in [0.2, 0.25) is 0 Å². The molecule has 4 heteroatoms. The molecule has 0 saturated heterocycles. The van der Waals surface area contributed by atoms with Gasteiger partial charge in [-0.25, -0.2) is 0 Å². The van der Waals surface area contributed by atoms with E-state index in [4.69, 9.17) is 0 Å². The van der Waals surface area contributed by atoms with Crippen molar-refractivity contribution < 1.29 is 4.79 Å². The van der Waals surface area contributed by atoms with Gasteiger partial charge in [0.2, 0.25) is 5.91 Å². The first-order chi connectivity index (χ1) is 13.1. The molecule has 138 valence electrons. The van der Waals surface area contributed by atoms with Crippen LogP contribution in [0.25, 0.3) is 5.69 Å². The Labute approximate surface area is 160 Å². The molecule has 0 radical (unpaired) electrons. The maximum Gasteiger partial charge on any atom is 0.241 e. The highest BCUT2D eigenvalue weighted by atomic mass is 16.2. The zero-order chi connectivity index (χ0) is 19.0. The first-order valence-corrected chi connectivity index (χ1v) is 9.45. The van der Waals surface area contributed by atoms with Gasteiger partial charge in [0, 0.05) is 12.2 Å². The van der Waals surface area contributed by atoms with E-state index in [1.54, 1.807) is 0 Å². The minimum absolute atomic E-state index is 0.0788. The van der Waals surface area contributed by atoms with Crippen molar-refractivity contribution in [1.29, 1.82) is 0 Å². The zero-order valence-electron chi connectivity index (χ0n) is 16.0. The number of aromatic nitrogens is 1. The minimum Gasteiger partial charge on any atom is -0.316 e. The maximum atomic E-state index is 13.3. The Morgan fingerprint density at radius 1 is 1.04 bits per heavy atom. The lowest BCUT2D eigenvalue weighted by Crippen LogP contribution is -2.45. The Morgan fingerprint density at radius 2 is 1.81 bits per heavy atom. The molecule has 0 bridgehead atoms. The molecule has 0 fully saturated rings. The number of hydrogen-bond donors (Lipinski definition) is 1. The summed E-state index contributed by atoms with van der Waals surface area (Å²) in [6.07, 6.45) is 2.07. The number of carbonyl (C=O) groups excluding carboxylic acids is 1. The number of rotatable bonds is 4. The summed E-state index contributed by atoms with van der Waals surface area (Å²) in [4.78, 5) is 15.3. The molecule has 1 amide bonds. The predicted octanol–water partition coefficient (Wildman–Crippen LogP) is 4.22. The van der Waals surface area contributed by atoms with E-state index in [0.29, 0.717) is 6.54 Å². The highest BCUT2D eigenvalue weighted by Gasteiger charge is 2.35. The second kappa shape index (κ2) is 7.05. The number of fused-ring (bicyclic) bond motifs is 3. The Balaban J connectivity index is 1.87. The van der Waals surface area contributed by atoms with E-state index in [1.807, 2.05) is 23.1 Å². The largest absolute Gasteiger partial charge is 0.316 e. The summed E-state index contributed by atoms with van der Waals surface area (Å²) in [5.41, 5.74) is 5.42. The van der Waals surface area contributed by atoms with Crippen molar-refractivity contribution in [2.45, 2.75) is 32.9 Å². The number of nitrogens with zero attached hydrogens (tertiary/aromatic N) is 2. The Kier molecular flexibility index (Phi) is 4.58. The highest BCUT2D eigenvalue weighted by molar-refractivity contribution is 5.99. The molecule has 1 aliphatic heterocycles. The van der Waals surface area contributed by atoms with E-state index in [1.165, 1.54) is 5.56 Å². The summed E-state index contributed by atoms with van der Waals surface area (Å²) in [6, 6.07) is 20.8. The fourth-order valence-electron chi connectivity index (χ4n) is 3.79. The third-order valence-corrected chi connectivity index (χ3v) is 5.01. The maximum absolute atomic E-state index is 13.3. The van der Waals surface area contributed by atoms with E-state index in [2.05, 4.69) is 79.3 Å². The Morgan fingerprint density at radius 3 is 2.56 bits per heavy atom. The number of carbonyl (C=O) groups is 1. The van der Waals surface area contributed by atoms with Crippen LogP contribution in [0.4, 0.5) is 5.69 Å². The van der Waals surface area contributed by atoms with E-state index in [-0.39, 0.29) is 18.0 Å². The van der Waals surface area contributed by atoms with Crippen LogP contribution in [0.1, 0.15) is 36.7 Å². The number of benzene rings is 2. The molecule has 27 heavy (non-hydrogen) atoms. The number of anilines is 1. The molecule has 1 atom stereocenters. The van der Waals surface area contributed by atoms with Crippen molar-refractivity contribution >= 4 is 11.6 Å². The summed E-state index contributed by atoms with van der Waals surface area (Å²) in [5, 5.41) is 3.28. The predicted molar refractivity (Wildman–Crippen MR) is 109 cm³/mol. The van der Waals surface area contributed by atoms with Gasteiger partial charge in [0.15, 0.2) is 0 Å². The summed E-state index contributed by atoms with van der Waals surface area (Å²) in [5.74, 6) is 0.0788. The van der Waals surface area contributed by atoms with Crippen LogP contribution in [-0.2, 0) is 4.79 Å². The van der Waals surface area contributed by atoms with Crippen LogP contribution in [0, 0.1) is 6.92 Å². The smallest absolute Gasteiger partial charge is 0.241 e. The molecule has 4 nitrogen and oxygen atoms in total. The van der Waals surface area contributed by atoms with E-state index in [0.717, 1.165) is 22.6 Å².